The van der Waals surface area contributed by atoms with Crippen molar-refractivity contribution in [1.82, 2.24) is 0 Å². The molecule has 2 aromatic rings. The van der Waals surface area contributed by atoms with E-state index in [2.05, 4.69) is 60.0 Å². The fraction of sp³-hybridized carbons (Fsp3) is 0.235. The molecule has 0 aliphatic carbocycles. The van der Waals surface area contributed by atoms with Crippen LogP contribution in [0, 0.1) is 17.4 Å². The maximum absolute atomic E-state index is 11.9. The zero-order chi connectivity index (χ0) is 15.2. The molecule has 110 valence electrons. The Labute approximate surface area is 143 Å². The van der Waals surface area contributed by atoms with Crippen LogP contribution in [0.4, 0.5) is 5.69 Å². The van der Waals surface area contributed by atoms with E-state index >= 15 is 0 Å². The average Bonchev–Trinajstić information content (AvgIpc) is 2.40. The van der Waals surface area contributed by atoms with Gasteiger partial charge in [0.05, 0.1) is 5.75 Å². The number of rotatable bonds is 5. The number of anilines is 1. The molecule has 0 aromatic heterocycles. The third-order valence-electron chi connectivity index (χ3n) is 2.91. The monoisotopic (exact) mass is 411 g/mol. The van der Waals surface area contributed by atoms with Crippen LogP contribution in [0.1, 0.15) is 16.7 Å². The Morgan fingerprint density at radius 3 is 2.33 bits per heavy atom. The lowest BCUT2D eigenvalue weighted by Crippen LogP contribution is -2.14. The van der Waals surface area contributed by atoms with Crippen molar-refractivity contribution in [2.75, 3.05) is 11.1 Å². The van der Waals surface area contributed by atoms with Gasteiger partial charge in [0.15, 0.2) is 0 Å². The minimum atomic E-state index is 0.0468. The molecule has 0 aliphatic rings. The summed E-state index contributed by atoms with van der Waals surface area (Å²) in [7, 11) is 0. The Balaban J connectivity index is 1.80. The number of benzene rings is 2. The highest BCUT2D eigenvalue weighted by Gasteiger charge is 2.03. The van der Waals surface area contributed by atoms with Crippen molar-refractivity contribution in [2.24, 2.45) is 0 Å². The van der Waals surface area contributed by atoms with Crippen molar-refractivity contribution in [2.45, 2.75) is 19.6 Å². The highest BCUT2D eigenvalue weighted by Crippen LogP contribution is 2.17. The zero-order valence-electron chi connectivity index (χ0n) is 12.2. The minimum absolute atomic E-state index is 0.0468. The Morgan fingerprint density at radius 2 is 1.71 bits per heavy atom. The number of thioether (sulfide) groups is 1. The summed E-state index contributed by atoms with van der Waals surface area (Å²) in [6.45, 7) is 4.20. The molecule has 0 saturated carbocycles. The summed E-state index contributed by atoms with van der Waals surface area (Å²) in [5.41, 5.74) is 4.68. The van der Waals surface area contributed by atoms with Gasteiger partial charge < -0.3 is 5.32 Å². The molecular weight excluding hydrogens is 393 g/mol. The van der Waals surface area contributed by atoms with Gasteiger partial charge in [-0.3, -0.25) is 4.79 Å². The number of aryl methyl sites for hydroxylation is 2. The second-order valence-electron chi connectivity index (χ2n) is 5.04. The molecule has 4 heteroatoms. The molecule has 1 amide bonds. The first-order valence-corrected chi connectivity index (χ1v) is 8.96. The van der Waals surface area contributed by atoms with Crippen LogP contribution in [0.5, 0.6) is 0 Å². The van der Waals surface area contributed by atoms with E-state index in [4.69, 9.17) is 0 Å². The summed E-state index contributed by atoms with van der Waals surface area (Å²) in [6, 6.07) is 14.3. The van der Waals surface area contributed by atoms with Crippen LogP contribution in [0.15, 0.2) is 42.5 Å². The van der Waals surface area contributed by atoms with Crippen molar-refractivity contribution in [1.29, 1.82) is 0 Å². The molecule has 1 N–H and O–H groups in total. The third kappa shape index (κ3) is 5.71. The van der Waals surface area contributed by atoms with Crippen molar-refractivity contribution in [3.8, 4) is 0 Å². The lowest BCUT2D eigenvalue weighted by Gasteiger charge is -2.07. The zero-order valence-corrected chi connectivity index (χ0v) is 15.1. The van der Waals surface area contributed by atoms with E-state index in [1.165, 1.54) is 16.7 Å². The fourth-order valence-corrected chi connectivity index (χ4v) is 3.27. The molecule has 0 unspecified atom stereocenters. The molecule has 0 saturated heterocycles. The van der Waals surface area contributed by atoms with E-state index < -0.39 is 0 Å². The van der Waals surface area contributed by atoms with Crippen molar-refractivity contribution >= 4 is 45.9 Å². The minimum Gasteiger partial charge on any atom is -0.325 e. The van der Waals surface area contributed by atoms with Gasteiger partial charge in [-0.25, -0.2) is 0 Å². The first kappa shape index (κ1) is 16.4. The van der Waals surface area contributed by atoms with E-state index in [0.29, 0.717) is 5.75 Å². The third-order valence-corrected chi connectivity index (χ3v) is 4.63. The molecule has 2 rings (SSSR count). The maximum atomic E-state index is 11.9. The number of halogens is 1. The van der Waals surface area contributed by atoms with Crippen LogP contribution in [0.25, 0.3) is 0 Å². The summed E-state index contributed by atoms with van der Waals surface area (Å²) in [5.74, 6) is 1.38. The Kier molecular flexibility index (Phi) is 6.11. The molecule has 21 heavy (non-hydrogen) atoms. The molecular formula is C17H18INOS. The second-order valence-corrected chi connectivity index (χ2v) is 7.28. The van der Waals surface area contributed by atoms with E-state index in [-0.39, 0.29) is 5.91 Å². The average molecular weight is 411 g/mol. The quantitative estimate of drug-likeness (QED) is 0.718. The smallest absolute Gasteiger partial charge is 0.234 e. The number of hydrogen-bond donors (Lipinski definition) is 1. The predicted molar refractivity (Wildman–Crippen MR) is 99.9 cm³/mol. The highest BCUT2D eigenvalue weighted by atomic mass is 127. The Hall–Kier alpha value is -1.01. The molecule has 0 fully saturated rings. The largest absolute Gasteiger partial charge is 0.325 e. The normalized spacial score (nSPS) is 10.4. The van der Waals surface area contributed by atoms with Gasteiger partial charge in [-0.15, -0.1) is 11.8 Å². The second kappa shape index (κ2) is 7.84. The summed E-state index contributed by atoms with van der Waals surface area (Å²) in [4.78, 5) is 11.9. The lowest BCUT2D eigenvalue weighted by atomic mass is 10.1. The van der Waals surface area contributed by atoms with Gasteiger partial charge >= 0.3 is 0 Å². The van der Waals surface area contributed by atoms with E-state index in [0.717, 1.165) is 15.0 Å². The molecule has 0 atom stereocenters. The molecule has 0 aliphatic heterocycles. The van der Waals surface area contributed by atoms with Crippen LogP contribution >= 0.6 is 34.4 Å². The molecule has 2 nitrogen and oxygen atoms in total. The molecule has 0 spiro atoms. The lowest BCUT2D eigenvalue weighted by molar-refractivity contribution is -0.113. The fourth-order valence-electron chi connectivity index (χ4n) is 2.14. The highest BCUT2D eigenvalue weighted by molar-refractivity contribution is 14.1. The number of amides is 1. The van der Waals surface area contributed by atoms with E-state index in [1.54, 1.807) is 11.8 Å². The maximum Gasteiger partial charge on any atom is 0.234 e. The topological polar surface area (TPSA) is 29.1 Å². The Bertz CT molecular complexity index is 605. The summed E-state index contributed by atoms with van der Waals surface area (Å²) in [6.07, 6.45) is 0. The number of carbonyl (C=O) groups is 1. The van der Waals surface area contributed by atoms with Crippen LogP contribution in [-0.2, 0) is 10.5 Å². The SMILES string of the molecule is Cc1cc(C)cc(CSCC(=O)Nc2ccc(I)cc2)c1. The summed E-state index contributed by atoms with van der Waals surface area (Å²) < 4.78 is 1.16. The van der Waals surface area contributed by atoms with Crippen LogP contribution in [0.3, 0.4) is 0 Å². The summed E-state index contributed by atoms with van der Waals surface area (Å²) in [5, 5.41) is 2.92. The van der Waals surface area contributed by atoms with Crippen LogP contribution < -0.4 is 5.32 Å². The summed E-state index contributed by atoms with van der Waals surface area (Å²) >= 11 is 3.89. The predicted octanol–water partition coefficient (Wildman–Crippen LogP) is 4.78. The van der Waals surface area contributed by atoms with Crippen LogP contribution in [0.2, 0.25) is 0 Å². The molecule has 0 radical (unpaired) electrons. The van der Waals surface area contributed by atoms with Crippen molar-refractivity contribution in [3.05, 3.63) is 62.7 Å². The van der Waals surface area contributed by atoms with Gasteiger partial charge in [-0.05, 0) is 66.3 Å². The molecule has 0 bridgehead atoms. The number of nitrogens with one attached hydrogen (secondary N) is 1. The van der Waals surface area contributed by atoms with Gasteiger partial charge in [0.1, 0.15) is 0 Å². The van der Waals surface area contributed by atoms with E-state index in [9.17, 15) is 4.79 Å². The van der Waals surface area contributed by atoms with Gasteiger partial charge in [-0.2, -0.15) is 0 Å². The first-order chi connectivity index (χ1) is 10.0. The molecule has 0 heterocycles. The standard InChI is InChI=1S/C17H18INOS/c1-12-7-13(2)9-14(8-12)10-21-11-17(20)19-16-5-3-15(18)4-6-16/h3-9H,10-11H2,1-2H3,(H,19,20). The van der Waals surface area contributed by atoms with Crippen molar-refractivity contribution < 1.29 is 4.79 Å². The van der Waals surface area contributed by atoms with Gasteiger partial charge in [0.25, 0.3) is 0 Å². The van der Waals surface area contributed by atoms with Gasteiger partial charge in [-0.1, -0.05) is 29.3 Å². The molecule has 2 aromatic carbocycles. The van der Waals surface area contributed by atoms with Gasteiger partial charge in [0.2, 0.25) is 5.91 Å². The Morgan fingerprint density at radius 1 is 1.10 bits per heavy atom. The van der Waals surface area contributed by atoms with Crippen molar-refractivity contribution in [3.63, 3.8) is 0 Å². The first-order valence-electron chi connectivity index (χ1n) is 6.73. The van der Waals surface area contributed by atoms with E-state index in [1.807, 2.05) is 24.3 Å². The van der Waals surface area contributed by atoms with Gasteiger partial charge in [0, 0.05) is 15.0 Å². The van der Waals surface area contributed by atoms with Crippen LogP contribution in [-0.4, -0.2) is 11.7 Å². The number of hydrogen-bond acceptors (Lipinski definition) is 2. The number of carbonyl (C=O) groups excluding carboxylic acids is 1.